The van der Waals surface area contributed by atoms with E-state index in [2.05, 4.69) is 10.5 Å². The Bertz CT molecular complexity index is 690. The lowest BCUT2D eigenvalue weighted by Crippen LogP contribution is -2.00. The van der Waals surface area contributed by atoms with Crippen LogP contribution in [0.5, 0.6) is 17.2 Å². The van der Waals surface area contributed by atoms with Crippen LogP contribution in [0.15, 0.2) is 41.5 Å². The van der Waals surface area contributed by atoms with Crippen LogP contribution < -0.4 is 19.6 Å². The first kappa shape index (κ1) is 17.0. The molecule has 0 unspecified atom stereocenters. The number of halogens is 1. The second-order valence-electron chi connectivity index (χ2n) is 4.53. The Balaban J connectivity index is 2.15. The number of hydrogen-bond acceptors (Lipinski definition) is 5. The van der Waals surface area contributed by atoms with Gasteiger partial charge < -0.3 is 14.2 Å². The summed E-state index contributed by atoms with van der Waals surface area (Å²) in [4.78, 5) is 0. The molecule has 6 heteroatoms. The summed E-state index contributed by atoms with van der Waals surface area (Å²) < 4.78 is 16.0. The summed E-state index contributed by atoms with van der Waals surface area (Å²) in [5, 5.41) is 4.73. The summed E-state index contributed by atoms with van der Waals surface area (Å²) in [6.45, 7) is 2.47. The van der Waals surface area contributed by atoms with Gasteiger partial charge >= 0.3 is 0 Å². The Kier molecular flexibility index (Phi) is 6.11. The number of nitrogens with zero attached hydrogens (tertiary/aromatic N) is 1. The van der Waals surface area contributed by atoms with E-state index in [9.17, 15) is 0 Å². The van der Waals surface area contributed by atoms with Gasteiger partial charge in [-0.1, -0.05) is 17.7 Å². The van der Waals surface area contributed by atoms with Crippen LogP contribution in [0, 0.1) is 0 Å². The van der Waals surface area contributed by atoms with Gasteiger partial charge in [0.1, 0.15) is 5.75 Å². The second-order valence-corrected chi connectivity index (χ2v) is 4.94. The number of benzene rings is 2. The molecule has 1 N–H and O–H groups in total. The van der Waals surface area contributed by atoms with Gasteiger partial charge in [-0.15, -0.1) is 0 Å². The molecule has 122 valence electrons. The first-order chi connectivity index (χ1) is 11.2. The monoisotopic (exact) mass is 334 g/mol. The van der Waals surface area contributed by atoms with Crippen molar-refractivity contribution < 1.29 is 14.2 Å². The lowest BCUT2D eigenvalue weighted by atomic mass is 10.2. The molecule has 2 aromatic carbocycles. The molecule has 0 aromatic heterocycles. The van der Waals surface area contributed by atoms with Crippen LogP contribution in [0.1, 0.15) is 12.5 Å². The third-order valence-electron chi connectivity index (χ3n) is 3.07. The normalized spacial score (nSPS) is 10.6. The maximum Gasteiger partial charge on any atom is 0.169 e. The molecule has 0 bridgehead atoms. The molecule has 0 radical (unpaired) electrons. The maximum atomic E-state index is 6.08. The largest absolute Gasteiger partial charge is 0.495 e. The quantitative estimate of drug-likeness (QED) is 0.609. The number of ether oxygens (including phenoxy) is 3. The zero-order valence-corrected chi connectivity index (χ0v) is 14.1. The Morgan fingerprint density at radius 3 is 2.57 bits per heavy atom. The van der Waals surface area contributed by atoms with Crippen LogP contribution in [0.4, 0.5) is 5.69 Å². The molecule has 0 fully saturated rings. The minimum Gasteiger partial charge on any atom is -0.495 e. The summed E-state index contributed by atoms with van der Waals surface area (Å²) >= 11 is 6.08. The molecular formula is C17H19ClN2O3. The van der Waals surface area contributed by atoms with E-state index in [0.717, 1.165) is 11.3 Å². The predicted molar refractivity (Wildman–Crippen MR) is 93.4 cm³/mol. The fourth-order valence-corrected chi connectivity index (χ4v) is 2.26. The molecular weight excluding hydrogens is 316 g/mol. The Morgan fingerprint density at radius 2 is 1.91 bits per heavy atom. The first-order valence-corrected chi connectivity index (χ1v) is 7.49. The first-order valence-electron chi connectivity index (χ1n) is 7.12. The molecule has 0 aliphatic heterocycles. The highest BCUT2D eigenvalue weighted by molar-refractivity contribution is 6.32. The zero-order valence-electron chi connectivity index (χ0n) is 13.3. The van der Waals surface area contributed by atoms with Crippen molar-refractivity contribution in [2.75, 3.05) is 26.3 Å². The van der Waals surface area contributed by atoms with Gasteiger partial charge in [-0.3, -0.25) is 5.43 Å². The fraction of sp³-hybridized carbons (Fsp3) is 0.235. The van der Waals surface area contributed by atoms with Crippen molar-refractivity contribution in [1.82, 2.24) is 0 Å². The van der Waals surface area contributed by atoms with Crippen molar-refractivity contribution in [3.8, 4) is 17.2 Å². The SMILES string of the molecule is CCOc1c(/C=N/Nc2ccc(OC)c(Cl)c2)cccc1OC. The molecule has 0 spiro atoms. The van der Waals surface area contributed by atoms with E-state index in [0.29, 0.717) is 28.9 Å². The Labute approximate surface area is 140 Å². The molecule has 0 aliphatic carbocycles. The molecule has 0 saturated carbocycles. The smallest absolute Gasteiger partial charge is 0.169 e. The highest BCUT2D eigenvalue weighted by Crippen LogP contribution is 2.30. The molecule has 2 aromatic rings. The van der Waals surface area contributed by atoms with Crippen molar-refractivity contribution in [3.63, 3.8) is 0 Å². The van der Waals surface area contributed by atoms with Gasteiger partial charge in [-0.2, -0.15) is 5.10 Å². The average molecular weight is 335 g/mol. The highest BCUT2D eigenvalue weighted by Gasteiger charge is 2.08. The zero-order chi connectivity index (χ0) is 16.7. The van der Waals surface area contributed by atoms with Gasteiger partial charge in [0.15, 0.2) is 11.5 Å². The Hall–Kier alpha value is -2.40. The van der Waals surface area contributed by atoms with E-state index in [4.69, 9.17) is 25.8 Å². The van der Waals surface area contributed by atoms with Gasteiger partial charge in [0.05, 0.1) is 37.8 Å². The summed E-state index contributed by atoms with van der Waals surface area (Å²) in [5.41, 5.74) is 4.50. The number of anilines is 1. The number of rotatable bonds is 7. The number of hydrogen-bond donors (Lipinski definition) is 1. The summed E-state index contributed by atoms with van der Waals surface area (Å²) in [6, 6.07) is 11.0. The van der Waals surface area contributed by atoms with E-state index in [1.54, 1.807) is 32.6 Å². The van der Waals surface area contributed by atoms with E-state index in [1.807, 2.05) is 31.2 Å². The standard InChI is InChI=1S/C17H19ClN2O3/c1-4-23-17-12(6-5-7-16(17)22-3)11-19-20-13-8-9-15(21-2)14(18)10-13/h5-11,20H,4H2,1-3H3/b19-11+. The van der Waals surface area contributed by atoms with Crippen molar-refractivity contribution in [2.24, 2.45) is 5.10 Å². The van der Waals surface area contributed by atoms with E-state index in [1.165, 1.54) is 0 Å². The van der Waals surface area contributed by atoms with Crippen LogP contribution in [-0.4, -0.2) is 27.0 Å². The number of nitrogens with one attached hydrogen (secondary N) is 1. The highest BCUT2D eigenvalue weighted by atomic mass is 35.5. The van der Waals surface area contributed by atoms with E-state index < -0.39 is 0 Å². The molecule has 5 nitrogen and oxygen atoms in total. The lowest BCUT2D eigenvalue weighted by Gasteiger charge is -2.11. The third kappa shape index (κ3) is 4.29. The van der Waals surface area contributed by atoms with Crippen LogP contribution in [-0.2, 0) is 0 Å². The molecule has 0 saturated heterocycles. The maximum absolute atomic E-state index is 6.08. The molecule has 0 aliphatic rings. The molecule has 2 rings (SSSR count). The second kappa shape index (κ2) is 8.29. The number of hydrazone groups is 1. The van der Waals surface area contributed by atoms with E-state index >= 15 is 0 Å². The number of para-hydroxylation sites is 1. The van der Waals surface area contributed by atoms with Gasteiger partial charge in [0.2, 0.25) is 0 Å². The van der Waals surface area contributed by atoms with Gasteiger partial charge in [0, 0.05) is 5.56 Å². The van der Waals surface area contributed by atoms with Crippen molar-refractivity contribution in [1.29, 1.82) is 0 Å². The van der Waals surface area contributed by atoms with Crippen molar-refractivity contribution in [3.05, 3.63) is 47.0 Å². The third-order valence-corrected chi connectivity index (χ3v) is 3.36. The molecule has 0 heterocycles. The minimum absolute atomic E-state index is 0.518. The van der Waals surface area contributed by atoms with Crippen molar-refractivity contribution >= 4 is 23.5 Å². The predicted octanol–water partition coefficient (Wildman–Crippen LogP) is 4.20. The van der Waals surface area contributed by atoms with E-state index in [-0.39, 0.29) is 0 Å². The van der Waals surface area contributed by atoms with Gasteiger partial charge in [0.25, 0.3) is 0 Å². The number of methoxy groups -OCH3 is 2. The minimum atomic E-state index is 0.518. The van der Waals surface area contributed by atoms with Crippen LogP contribution in [0.25, 0.3) is 0 Å². The van der Waals surface area contributed by atoms with Gasteiger partial charge in [-0.05, 0) is 37.3 Å². The van der Waals surface area contributed by atoms with Crippen LogP contribution >= 0.6 is 11.6 Å². The summed E-state index contributed by atoms with van der Waals surface area (Å²) in [6.07, 6.45) is 1.67. The lowest BCUT2D eigenvalue weighted by molar-refractivity contribution is 0.310. The molecule has 0 amide bonds. The summed E-state index contributed by atoms with van der Waals surface area (Å²) in [7, 11) is 3.18. The topological polar surface area (TPSA) is 52.1 Å². The molecule has 0 atom stereocenters. The van der Waals surface area contributed by atoms with Crippen LogP contribution in [0.3, 0.4) is 0 Å². The van der Waals surface area contributed by atoms with Gasteiger partial charge in [-0.25, -0.2) is 0 Å². The van der Waals surface area contributed by atoms with Crippen LogP contribution in [0.2, 0.25) is 5.02 Å². The Morgan fingerprint density at radius 1 is 1.13 bits per heavy atom. The fourth-order valence-electron chi connectivity index (χ4n) is 2.01. The summed E-state index contributed by atoms with van der Waals surface area (Å²) in [5.74, 6) is 1.95. The van der Waals surface area contributed by atoms with Crippen molar-refractivity contribution in [2.45, 2.75) is 6.92 Å². The molecule has 23 heavy (non-hydrogen) atoms. The average Bonchev–Trinajstić information content (AvgIpc) is 2.56.